The van der Waals surface area contributed by atoms with Gasteiger partial charge in [0.2, 0.25) is 0 Å². The topological polar surface area (TPSA) is 87.7 Å². The van der Waals surface area contributed by atoms with Crippen molar-refractivity contribution in [2.75, 3.05) is 6.61 Å². The van der Waals surface area contributed by atoms with Crippen LogP contribution in [0.3, 0.4) is 0 Å². The predicted octanol–water partition coefficient (Wildman–Crippen LogP) is 1.64. The Bertz CT molecular complexity index is 416. The van der Waals surface area contributed by atoms with E-state index >= 15 is 0 Å². The summed E-state index contributed by atoms with van der Waals surface area (Å²) in [5, 5.41) is 15.0. The Labute approximate surface area is 124 Å². The van der Waals surface area contributed by atoms with Crippen molar-refractivity contribution in [3.05, 3.63) is 0 Å². The van der Waals surface area contributed by atoms with Gasteiger partial charge in [-0.3, -0.25) is 4.79 Å². The minimum absolute atomic E-state index is 0.00758. The molecule has 0 aromatic rings. The molecule has 2 unspecified atom stereocenters. The molecule has 1 heterocycles. The molecule has 3 fully saturated rings. The molecule has 0 aromatic heterocycles. The van der Waals surface area contributed by atoms with Gasteiger partial charge >= 0.3 is 12.0 Å². The van der Waals surface area contributed by atoms with Crippen LogP contribution in [0.1, 0.15) is 51.4 Å². The molecule has 2 amide bonds. The fourth-order valence-corrected chi connectivity index (χ4v) is 3.79. The molecule has 2 atom stereocenters. The second-order valence-corrected chi connectivity index (χ2v) is 6.72. The third-order valence-electron chi connectivity index (χ3n) is 4.97. The highest BCUT2D eigenvalue weighted by molar-refractivity contribution is 5.77. The highest BCUT2D eigenvalue weighted by Crippen LogP contribution is 2.39. The number of hydrogen-bond donors (Lipinski definition) is 3. The number of nitrogens with one attached hydrogen (secondary N) is 2. The molecule has 1 aliphatic heterocycles. The Balaban J connectivity index is 1.55. The molecule has 3 aliphatic rings. The van der Waals surface area contributed by atoms with Crippen LogP contribution >= 0.6 is 0 Å². The van der Waals surface area contributed by atoms with Gasteiger partial charge in [0.1, 0.15) is 0 Å². The number of hydrogen-bond acceptors (Lipinski definition) is 3. The molecule has 0 aromatic carbocycles. The summed E-state index contributed by atoms with van der Waals surface area (Å²) in [6, 6.07) is -0.167. The Hall–Kier alpha value is -1.30. The fraction of sp³-hybridized carbons (Fsp3) is 0.867. The zero-order valence-electron chi connectivity index (χ0n) is 12.3. The lowest BCUT2D eigenvalue weighted by Gasteiger charge is -2.30. The summed E-state index contributed by atoms with van der Waals surface area (Å²) >= 11 is 0. The van der Waals surface area contributed by atoms with Gasteiger partial charge in [0.05, 0.1) is 24.1 Å². The first kappa shape index (κ1) is 14.6. The van der Waals surface area contributed by atoms with Crippen LogP contribution in [0.4, 0.5) is 4.79 Å². The van der Waals surface area contributed by atoms with Crippen LogP contribution in [0.2, 0.25) is 0 Å². The summed E-state index contributed by atoms with van der Waals surface area (Å²) in [7, 11) is 0. The zero-order chi connectivity index (χ0) is 14.9. The van der Waals surface area contributed by atoms with Crippen molar-refractivity contribution < 1.29 is 19.4 Å². The molecule has 3 N–H and O–H groups in total. The normalized spacial score (nSPS) is 31.0. The Morgan fingerprint density at radius 3 is 2.52 bits per heavy atom. The molecule has 2 aliphatic carbocycles. The first-order chi connectivity index (χ1) is 10.1. The van der Waals surface area contributed by atoms with E-state index in [-0.39, 0.29) is 24.6 Å². The van der Waals surface area contributed by atoms with Crippen molar-refractivity contribution in [1.29, 1.82) is 0 Å². The summed E-state index contributed by atoms with van der Waals surface area (Å²) in [4.78, 5) is 23.3. The van der Waals surface area contributed by atoms with Crippen LogP contribution < -0.4 is 10.6 Å². The van der Waals surface area contributed by atoms with Crippen molar-refractivity contribution in [2.45, 2.75) is 69.1 Å². The van der Waals surface area contributed by atoms with E-state index in [1.807, 2.05) is 0 Å². The number of carboxylic acids is 1. The van der Waals surface area contributed by atoms with E-state index in [4.69, 9.17) is 9.84 Å². The zero-order valence-corrected chi connectivity index (χ0v) is 12.3. The average molecular weight is 296 g/mol. The Kier molecular flexibility index (Phi) is 4.06. The molecule has 0 bridgehead atoms. The number of rotatable bonds is 5. The van der Waals surface area contributed by atoms with Gasteiger partial charge in [0, 0.05) is 6.61 Å². The number of urea groups is 1. The van der Waals surface area contributed by atoms with Crippen molar-refractivity contribution in [3.63, 3.8) is 0 Å². The maximum Gasteiger partial charge on any atom is 0.315 e. The summed E-state index contributed by atoms with van der Waals surface area (Å²) in [6.45, 7) is 0.701. The van der Waals surface area contributed by atoms with Crippen LogP contribution in [0, 0.1) is 5.92 Å². The fourth-order valence-electron chi connectivity index (χ4n) is 3.79. The molecule has 6 nitrogen and oxygen atoms in total. The van der Waals surface area contributed by atoms with E-state index in [2.05, 4.69) is 10.6 Å². The average Bonchev–Trinajstić information content (AvgIpc) is 2.99. The van der Waals surface area contributed by atoms with Crippen LogP contribution in [0.15, 0.2) is 0 Å². The number of carboxylic acid groups (broad SMARTS) is 1. The van der Waals surface area contributed by atoms with Gasteiger partial charge in [-0.2, -0.15) is 0 Å². The third kappa shape index (κ3) is 3.48. The van der Waals surface area contributed by atoms with E-state index in [9.17, 15) is 9.59 Å². The molecule has 1 saturated heterocycles. The van der Waals surface area contributed by atoms with E-state index in [1.165, 1.54) is 12.8 Å². The maximum atomic E-state index is 12.3. The molecule has 3 rings (SSSR count). The summed E-state index contributed by atoms with van der Waals surface area (Å²) in [5.74, 6) is -0.255. The molecular formula is C15H24N2O4. The first-order valence-electron chi connectivity index (χ1n) is 8.00. The van der Waals surface area contributed by atoms with Crippen molar-refractivity contribution in [2.24, 2.45) is 5.92 Å². The molecule has 0 spiro atoms. The second-order valence-electron chi connectivity index (χ2n) is 6.72. The number of aliphatic carboxylic acids is 1. The summed E-state index contributed by atoms with van der Waals surface area (Å²) in [6.07, 6.45) is 6.83. The van der Waals surface area contributed by atoms with Gasteiger partial charge in [-0.1, -0.05) is 12.8 Å². The van der Waals surface area contributed by atoms with Crippen molar-refractivity contribution in [1.82, 2.24) is 10.6 Å². The quantitative estimate of drug-likeness (QED) is 0.719. The van der Waals surface area contributed by atoms with Gasteiger partial charge in [0.15, 0.2) is 0 Å². The van der Waals surface area contributed by atoms with E-state index in [1.54, 1.807) is 0 Å². The van der Waals surface area contributed by atoms with Gasteiger partial charge in [0.25, 0.3) is 0 Å². The largest absolute Gasteiger partial charge is 0.481 e. The Morgan fingerprint density at radius 2 is 1.90 bits per heavy atom. The van der Waals surface area contributed by atoms with E-state index in [0.29, 0.717) is 12.5 Å². The van der Waals surface area contributed by atoms with Gasteiger partial charge in [-0.25, -0.2) is 4.79 Å². The SMILES string of the molecule is O=C(O)CC1(NC(=O)NC2CCOC2C2CC2)CCCC1. The van der Waals surface area contributed by atoms with Gasteiger partial charge in [-0.15, -0.1) is 0 Å². The number of ether oxygens (including phenoxy) is 1. The molecule has 6 heteroatoms. The lowest BCUT2D eigenvalue weighted by atomic mass is 9.93. The van der Waals surface area contributed by atoms with Gasteiger partial charge in [-0.05, 0) is 38.0 Å². The monoisotopic (exact) mass is 296 g/mol. The standard InChI is InChI=1S/C15H24N2O4/c18-12(19)9-15(6-1-2-7-15)17-14(20)16-11-5-8-21-13(11)10-3-4-10/h10-11,13H,1-9H2,(H,18,19)(H2,16,17,20). The summed E-state index contributed by atoms with van der Waals surface area (Å²) in [5.41, 5.74) is -0.565. The van der Waals surface area contributed by atoms with Crippen LogP contribution in [0.5, 0.6) is 0 Å². The maximum absolute atomic E-state index is 12.3. The molecule has 21 heavy (non-hydrogen) atoms. The number of carbonyl (C=O) groups excluding carboxylic acids is 1. The number of carbonyl (C=O) groups is 2. The third-order valence-corrected chi connectivity index (χ3v) is 4.97. The highest BCUT2D eigenvalue weighted by Gasteiger charge is 2.42. The lowest BCUT2D eigenvalue weighted by molar-refractivity contribution is -0.138. The predicted molar refractivity (Wildman–Crippen MR) is 76.0 cm³/mol. The molecular weight excluding hydrogens is 272 g/mol. The lowest BCUT2D eigenvalue weighted by Crippen LogP contribution is -2.55. The van der Waals surface area contributed by atoms with Crippen LogP contribution in [0.25, 0.3) is 0 Å². The minimum atomic E-state index is -0.850. The summed E-state index contributed by atoms with van der Waals surface area (Å²) < 4.78 is 5.71. The van der Waals surface area contributed by atoms with Crippen LogP contribution in [-0.2, 0) is 9.53 Å². The number of amides is 2. The minimum Gasteiger partial charge on any atom is -0.481 e. The van der Waals surface area contributed by atoms with E-state index in [0.717, 1.165) is 32.1 Å². The highest BCUT2D eigenvalue weighted by atomic mass is 16.5. The smallest absolute Gasteiger partial charge is 0.315 e. The Morgan fingerprint density at radius 1 is 1.19 bits per heavy atom. The first-order valence-corrected chi connectivity index (χ1v) is 8.00. The van der Waals surface area contributed by atoms with Crippen molar-refractivity contribution >= 4 is 12.0 Å². The molecule has 118 valence electrons. The van der Waals surface area contributed by atoms with Crippen molar-refractivity contribution in [3.8, 4) is 0 Å². The second kappa shape index (κ2) is 5.83. The molecule has 2 saturated carbocycles. The van der Waals surface area contributed by atoms with Gasteiger partial charge < -0.3 is 20.5 Å². The van der Waals surface area contributed by atoms with E-state index < -0.39 is 11.5 Å². The molecule has 0 radical (unpaired) electrons. The van der Waals surface area contributed by atoms with Crippen LogP contribution in [-0.4, -0.2) is 41.4 Å².